The molecule has 92 valence electrons. The van der Waals surface area contributed by atoms with Crippen LogP contribution in [0, 0.1) is 0 Å². The first-order valence-corrected chi connectivity index (χ1v) is 7.35. The molecule has 1 atom stereocenters. The summed E-state index contributed by atoms with van der Waals surface area (Å²) in [4.78, 5) is 3.70. The zero-order chi connectivity index (χ0) is 12.0. The van der Waals surface area contributed by atoms with E-state index in [0.717, 1.165) is 19.5 Å². The van der Waals surface area contributed by atoms with Crippen LogP contribution < -0.4 is 5.32 Å². The Bertz CT molecular complexity index is 299. The molecular formula is C12H21BrN2S. The fourth-order valence-electron chi connectivity index (χ4n) is 1.68. The summed E-state index contributed by atoms with van der Waals surface area (Å²) in [6.45, 7) is 4.36. The van der Waals surface area contributed by atoms with Gasteiger partial charge in [0.2, 0.25) is 0 Å². The highest BCUT2D eigenvalue weighted by molar-refractivity contribution is 9.11. The van der Waals surface area contributed by atoms with Gasteiger partial charge < -0.3 is 10.2 Å². The van der Waals surface area contributed by atoms with Crippen LogP contribution >= 0.6 is 27.3 Å². The molecule has 1 unspecified atom stereocenters. The van der Waals surface area contributed by atoms with Gasteiger partial charge in [0.05, 0.1) is 3.79 Å². The van der Waals surface area contributed by atoms with Gasteiger partial charge in [0, 0.05) is 10.9 Å². The molecule has 0 aromatic carbocycles. The van der Waals surface area contributed by atoms with Gasteiger partial charge in [0.15, 0.2) is 0 Å². The van der Waals surface area contributed by atoms with Crippen molar-refractivity contribution in [1.82, 2.24) is 10.2 Å². The molecule has 0 aliphatic carbocycles. The lowest BCUT2D eigenvalue weighted by atomic mass is 10.1. The summed E-state index contributed by atoms with van der Waals surface area (Å²) in [6.07, 6.45) is 2.34. The van der Waals surface area contributed by atoms with Crippen LogP contribution in [0.25, 0.3) is 0 Å². The van der Waals surface area contributed by atoms with Gasteiger partial charge in [-0.1, -0.05) is 6.92 Å². The fraction of sp³-hybridized carbons (Fsp3) is 0.667. The third-order valence-electron chi connectivity index (χ3n) is 2.49. The molecule has 0 fully saturated rings. The molecule has 1 heterocycles. The van der Waals surface area contributed by atoms with Gasteiger partial charge >= 0.3 is 0 Å². The van der Waals surface area contributed by atoms with Crippen molar-refractivity contribution in [3.63, 3.8) is 0 Å². The Balaban J connectivity index is 2.43. The molecule has 1 aromatic heterocycles. The lowest BCUT2D eigenvalue weighted by Gasteiger charge is -2.19. The van der Waals surface area contributed by atoms with Gasteiger partial charge in [-0.3, -0.25) is 0 Å². The van der Waals surface area contributed by atoms with E-state index in [9.17, 15) is 0 Å². The third kappa shape index (κ3) is 5.43. The van der Waals surface area contributed by atoms with Gasteiger partial charge in [0.1, 0.15) is 0 Å². The number of halogens is 1. The Hall–Kier alpha value is 0.1000. The van der Waals surface area contributed by atoms with E-state index in [4.69, 9.17) is 0 Å². The SMILES string of the molecule is CCNC(CCN(C)C)Cc1ccc(Br)s1. The second kappa shape index (κ2) is 7.43. The monoisotopic (exact) mass is 304 g/mol. The van der Waals surface area contributed by atoms with Crippen molar-refractivity contribution in [2.45, 2.75) is 25.8 Å². The highest BCUT2D eigenvalue weighted by Gasteiger charge is 2.10. The molecule has 0 aliphatic rings. The number of rotatable bonds is 7. The molecular weight excluding hydrogens is 284 g/mol. The van der Waals surface area contributed by atoms with Crippen LogP contribution in [0.1, 0.15) is 18.2 Å². The van der Waals surface area contributed by atoms with Crippen LogP contribution in [0.4, 0.5) is 0 Å². The van der Waals surface area contributed by atoms with E-state index in [1.807, 2.05) is 11.3 Å². The Morgan fingerprint density at radius 3 is 2.69 bits per heavy atom. The van der Waals surface area contributed by atoms with Crippen LogP contribution in [-0.2, 0) is 6.42 Å². The predicted octanol–water partition coefficient (Wildman–Crippen LogP) is 2.98. The van der Waals surface area contributed by atoms with Crippen molar-refractivity contribution in [1.29, 1.82) is 0 Å². The molecule has 1 rings (SSSR count). The molecule has 16 heavy (non-hydrogen) atoms. The van der Waals surface area contributed by atoms with E-state index in [0.29, 0.717) is 6.04 Å². The fourth-order valence-corrected chi connectivity index (χ4v) is 3.25. The smallest absolute Gasteiger partial charge is 0.0701 e. The number of thiophene rings is 1. The average Bonchev–Trinajstić information content (AvgIpc) is 2.61. The summed E-state index contributed by atoms with van der Waals surface area (Å²) in [5.74, 6) is 0. The van der Waals surface area contributed by atoms with Crippen molar-refractivity contribution in [2.24, 2.45) is 0 Å². The van der Waals surface area contributed by atoms with Crippen LogP contribution in [0.5, 0.6) is 0 Å². The van der Waals surface area contributed by atoms with Crippen molar-refractivity contribution in [3.8, 4) is 0 Å². The Kier molecular flexibility index (Phi) is 6.58. The highest BCUT2D eigenvalue weighted by atomic mass is 79.9. The van der Waals surface area contributed by atoms with E-state index in [-0.39, 0.29) is 0 Å². The standard InChI is InChI=1S/C12H21BrN2S/c1-4-14-10(7-8-15(2)3)9-11-5-6-12(13)16-11/h5-6,10,14H,4,7-9H2,1-3H3. The minimum Gasteiger partial charge on any atom is -0.314 e. The van der Waals surface area contributed by atoms with Crippen molar-refractivity contribution in [2.75, 3.05) is 27.2 Å². The molecule has 0 bridgehead atoms. The zero-order valence-electron chi connectivity index (χ0n) is 10.3. The number of nitrogens with one attached hydrogen (secondary N) is 1. The number of hydrogen-bond donors (Lipinski definition) is 1. The van der Waals surface area contributed by atoms with E-state index in [2.05, 4.69) is 59.3 Å². The minimum absolute atomic E-state index is 0.595. The van der Waals surface area contributed by atoms with Gasteiger partial charge in [0.25, 0.3) is 0 Å². The normalized spacial score (nSPS) is 13.3. The minimum atomic E-state index is 0.595. The summed E-state index contributed by atoms with van der Waals surface area (Å²) in [5, 5.41) is 3.56. The molecule has 1 N–H and O–H groups in total. The molecule has 2 nitrogen and oxygen atoms in total. The first kappa shape index (κ1) is 14.2. The van der Waals surface area contributed by atoms with Crippen molar-refractivity contribution < 1.29 is 0 Å². The zero-order valence-corrected chi connectivity index (χ0v) is 12.7. The molecule has 0 saturated heterocycles. The average molecular weight is 305 g/mol. The van der Waals surface area contributed by atoms with Gasteiger partial charge in [-0.15, -0.1) is 11.3 Å². The van der Waals surface area contributed by atoms with E-state index in [1.54, 1.807) is 0 Å². The summed E-state index contributed by atoms with van der Waals surface area (Å²) in [7, 11) is 4.26. The summed E-state index contributed by atoms with van der Waals surface area (Å²) < 4.78 is 1.23. The molecule has 1 aromatic rings. The molecule has 0 amide bonds. The second-order valence-electron chi connectivity index (χ2n) is 4.26. The highest BCUT2D eigenvalue weighted by Crippen LogP contribution is 2.23. The first-order chi connectivity index (χ1) is 7.61. The molecule has 0 spiro atoms. The lowest BCUT2D eigenvalue weighted by Crippen LogP contribution is -2.33. The van der Waals surface area contributed by atoms with Crippen LogP contribution in [0.3, 0.4) is 0 Å². The Labute approximate surface area is 111 Å². The van der Waals surface area contributed by atoms with E-state index < -0.39 is 0 Å². The maximum absolute atomic E-state index is 3.56. The Morgan fingerprint density at radius 2 is 2.19 bits per heavy atom. The maximum atomic E-state index is 3.56. The van der Waals surface area contributed by atoms with Gasteiger partial charge in [-0.25, -0.2) is 0 Å². The molecule has 0 aliphatic heterocycles. The Morgan fingerprint density at radius 1 is 1.44 bits per heavy atom. The predicted molar refractivity (Wildman–Crippen MR) is 76.4 cm³/mol. The van der Waals surface area contributed by atoms with Crippen LogP contribution in [0.15, 0.2) is 15.9 Å². The largest absolute Gasteiger partial charge is 0.314 e. The van der Waals surface area contributed by atoms with Crippen LogP contribution in [0.2, 0.25) is 0 Å². The summed E-state index contributed by atoms with van der Waals surface area (Å²) in [6, 6.07) is 4.95. The maximum Gasteiger partial charge on any atom is 0.0701 e. The molecule has 0 radical (unpaired) electrons. The molecule has 0 saturated carbocycles. The third-order valence-corrected chi connectivity index (χ3v) is 4.14. The second-order valence-corrected chi connectivity index (χ2v) is 6.80. The number of likely N-dealkylation sites (N-methyl/N-ethyl adjacent to an activating group) is 1. The van der Waals surface area contributed by atoms with Gasteiger partial charge in [-0.05, 0) is 68.1 Å². The van der Waals surface area contributed by atoms with Crippen molar-refractivity contribution >= 4 is 27.3 Å². The van der Waals surface area contributed by atoms with Crippen LogP contribution in [-0.4, -0.2) is 38.1 Å². The molecule has 4 heteroatoms. The topological polar surface area (TPSA) is 15.3 Å². The summed E-state index contributed by atoms with van der Waals surface area (Å²) in [5.41, 5.74) is 0. The number of nitrogens with zero attached hydrogens (tertiary/aromatic N) is 1. The summed E-state index contributed by atoms with van der Waals surface area (Å²) >= 11 is 5.35. The first-order valence-electron chi connectivity index (χ1n) is 5.74. The van der Waals surface area contributed by atoms with Gasteiger partial charge in [-0.2, -0.15) is 0 Å². The van der Waals surface area contributed by atoms with E-state index in [1.165, 1.54) is 15.1 Å². The van der Waals surface area contributed by atoms with E-state index >= 15 is 0 Å². The lowest BCUT2D eigenvalue weighted by molar-refractivity contribution is 0.359. The van der Waals surface area contributed by atoms with Crippen molar-refractivity contribution in [3.05, 3.63) is 20.8 Å². The number of hydrogen-bond acceptors (Lipinski definition) is 3. The quantitative estimate of drug-likeness (QED) is 0.833.